The van der Waals surface area contributed by atoms with E-state index in [1.54, 1.807) is 7.05 Å². The molecule has 0 atom stereocenters. The van der Waals surface area contributed by atoms with E-state index in [0.717, 1.165) is 5.69 Å². The van der Waals surface area contributed by atoms with Crippen molar-refractivity contribution in [2.45, 2.75) is 0 Å². The topological polar surface area (TPSA) is 39.1 Å². The third-order valence-electron chi connectivity index (χ3n) is 1.53. The number of thiocarbonyl (C=S) groups is 1. The third-order valence-corrected chi connectivity index (χ3v) is 1.92. The van der Waals surface area contributed by atoms with E-state index >= 15 is 0 Å². The van der Waals surface area contributed by atoms with Crippen LogP contribution in [0.5, 0.6) is 0 Å². The minimum atomic E-state index is 0. The molecular weight excluding hydrogens is 205 g/mol. The maximum absolute atomic E-state index is 8.83. The second-order valence-corrected chi connectivity index (χ2v) is 2.71. The van der Waals surface area contributed by atoms with Crippen molar-refractivity contribution in [3.05, 3.63) is 30.3 Å². The standard InChI is InChI=1S/C9H9N3S.Na.H/c1-11-9(13)12(7-10)8-5-3-2-4-6-8;;/h2-6H,1H3,(H,11,13);;/q;+1;-1. The quantitative estimate of drug-likeness (QED) is 0.270. The first-order chi connectivity index (χ1) is 6.29. The van der Waals surface area contributed by atoms with Crippen LogP contribution < -0.4 is 39.8 Å². The van der Waals surface area contributed by atoms with Crippen LogP contribution in [0.25, 0.3) is 0 Å². The van der Waals surface area contributed by atoms with Gasteiger partial charge < -0.3 is 6.74 Å². The molecule has 0 amide bonds. The van der Waals surface area contributed by atoms with Gasteiger partial charge in [0, 0.05) is 7.05 Å². The molecule has 0 aliphatic heterocycles. The van der Waals surface area contributed by atoms with Crippen LogP contribution in [-0.4, -0.2) is 12.2 Å². The van der Waals surface area contributed by atoms with Crippen molar-refractivity contribution in [1.29, 1.82) is 5.26 Å². The number of nitrogens with zero attached hydrogens (tertiary/aromatic N) is 2. The molecule has 0 saturated carbocycles. The summed E-state index contributed by atoms with van der Waals surface area (Å²) < 4.78 is 0. The Morgan fingerprint density at radius 1 is 1.50 bits per heavy atom. The molecule has 1 aromatic carbocycles. The summed E-state index contributed by atoms with van der Waals surface area (Å²) in [5.41, 5.74) is 0.768. The Morgan fingerprint density at radius 2 is 2.07 bits per heavy atom. The maximum Gasteiger partial charge on any atom is 1.00 e. The monoisotopic (exact) mass is 215 g/mol. The number of anilines is 1. The van der Waals surface area contributed by atoms with Gasteiger partial charge in [0.05, 0.1) is 5.69 Å². The van der Waals surface area contributed by atoms with Crippen molar-refractivity contribution >= 4 is 23.0 Å². The molecule has 0 heterocycles. The van der Waals surface area contributed by atoms with E-state index in [1.807, 2.05) is 36.5 Å². The van der Waals surface area contributed by atoms with Crippen molar-refractivity contribution in [2.75, 3.05) is 11.9 Å². The SMILES string of the molecule is CNC(=S)N(C#N)c1ccccc1.[H-].[Na+]. The van der Waals surface area contributed by atoms with Crippen LogP contribution in [0.4, 0.5) is 5.69 Å². The maximum atomic E-state index is 8.83. The Morgan fingerprint density at radius 3 is 2.50 bits per heavy atom. The second-order valence-electron chi connectivity index (χ2n) is 2.33. The van der Waals surface area contributed by atoms with Gasteiger partial charge in [-0.15, -0.1) is 0 Å². The number of nitriles is 1. The Hall–Kier alpha value is -0.600. The van der Waals surface area contributed by atoms with E-state index in [2.05, 4.69) is 5.32 Å². The number of benzene rings is 1. The number of hydrogen-bond donors (Lipinski definition) is 1. The average Bonchev–Trinajstić information content (AvgIpc) is 2.20. The van der Waals surface area contributed by atoms with Crippen LogP contribution in [0.1, 0.15) is 1.43 Å². The van der Waals surface area contributed by atoms with Crippen LogP contribution in [0.2, 0.25) is 0 Å². The van der Waals surface area contributed by atoms with E-state index in [0.29, 0.717) is 5.11 Å². The Labute approximate surface area is 112 Å². The van der Waals surface area contributed by atoms with E-state index in [9.17, 15) is 0 Å². The van der Waals surface area contributed by atoms with E-state index in [1.165, 1.54) is 4.90 Å². The molecular formula is C9H10N3NaS. The van der Waals surface area contributed by atoms with Crippen molar-refractivity contribution in [2.24, 2.45) is 0 Å². The number of hydrogen-bond acceptors (Lipinski definition) is 2. The molecule has 0 aliphatic rings. The molecule has 0 aromatic heterocycles. The minimum absolute atomic E-state index is 0. The molecule has 3 nitrogen and oxygen atoms in total. The van der Waals surface area contributed by atoms with Gasteiger partial charge >= 0.3 is 29.6 Å². The summed E-state index contributed by atoms with van der Waals surface area (Å²) in [5.74, 6) is 0. The molecule has 0 aliphatic carbocycles. The summed E-state index contributed by atoms with van der Waals surface area (Å²) in [7, 11) is 1.69. The van der Waals surface area contributed by atoms with Gasteiger partial charge in [0.15, 0.2) is 11.3 Å². The summed E-state index contributed by atoms with van der Waals surface area (Å²) in [6, 6.07) is 9.26. The summed E-state index contributed by atoms with van der Waals surface area (Å²) in [4.78, 5) is 1.36. The second kappa shape index (κ2) is 6.80. The molecule has 0 unspecified atom stereocenters. The van der Waals surface area contributed by atoms with Crippen molar-refractivity contribution in [3.63, 3.8) is 0 Å². The molecule has 68 valence electrons. The average molecular weight is 215 g/mol. The molecule has 1 aromatic rings. The largest absolute Gasteiger partial charge is 1.00 e. The van der Waals surface area contributed by atoms with Crippen molar-refractivity contribution < 1.29 is 31.0 Å². The smallest absolute Gasteiger partial charge is 1.00 e. The fourth-order valence-electron chi connectivity index (χ4n) is 0.909. The van der Waals surface area contributed by atoms with Crippen molar-refractivity contribution in [1.82, 2.24) is 5.32 Å². The van der Waals surface area contributed by atoms with Crippen LogP contribution in [0.3, 0.4) is 0 Å². The molecule has 0 fully saturated rings. The molecule has 1 N–H and O–H groups in total. The predicted molar refractivity (Wildman–Crippen MR) is 57.3 cm³/mol. The van der Waals surface area contributed by atoms with Gasteiger partial charge in [0.1, 0.15) is 0 Å². The zero-order valence-corrected chi connectivity index (χ0v) is 11.0. The van der Waals surface area contributed by atoms with Gasteiger partial charge in [-0.3, -0.25) is 0 Å². The number of para-hydroxylation sites is 1. The van der Waals surface area contributed by atoms with Gasteiger partial charge in [-0.25, -0.2) is 4.90 Å². The van der Waals surface area contributed by atoms with E-state index in [4.69, 9.17) is 17.5 Å². The predicted octanol–water partition coefficient (Wildman–Crippen LogP) is -1.41. The van der Waals surface area contributed by atoms with Gasteiger partial charge in [-0.05, 0) is 24.4 Å². The van der Waals surface area contributed by atoms with Gasteiger partial charge in [0.2, 0.25) is 0 Å². The van der Waals surface area contributed by atoms with Crippen LogP contribution >= 0.6 is 12.2 Å². The van der Waals surface area contributed by atoms with Crippen molar-refractivity contribution in [3.8, 4) is 6.19 Å². The molecule has 0 bridgehead atoms. The Bertz CT molecular complexity index is 339. The summed E-state index contributed by atoms with van der Waals surface area (Å²) >= 11 is 4.95. The molecule has 0 radical (unpaired) electrons. The molecule has 0 spiro atoms. The fraction of sp³-hybridized carbons (Fsp3) is 0.111. The molecule has 0 saturated heterocycles. The van der Waals surface area contributed by atoms with E-state index < -0.39 is 0 Å². The summed E-state index contributed by atoms with van der Waals surface area (Å²) in [6.07, 6.45) is 2.00. The third kappa shape index (κ3) is 3.28. The van der Waals surface area contributed by atoms with Crippen LogP contribution in [-0.2, 0) is 0 Å². The normalized spacial score (nSPS) is 8.00. The molecule has 1 rings (SSSR count). The first-order valence-electron chi connectivity index (χ1n) is 3.76. The minimum Gasteiger partial charge on any atom is -1.00 e. The van der Waals surface area contributed by atoms with E-state index in [-0.39, 0.29) is 31.0 Å². The Balaban J connectivity index is 0. The zero-order valence-electron chi connectivity index (χ0n) is 9.19. The number of rotatable bonds is 1. The summed E-state index contributed by atoms with van der Waals surface area (Å²) in [6.45, 7) is 0. The first-order valence-corrected chi connectivity index (χ1v) is 4.17. The number of nitrogens with one attached hydrogen (secondary N) is 1. The van der Waals surface area contributed by atoms with Crippen LogP contribution in [0.15, 0.2) is 30.3 Å². The molecule has 5 heteroatoms. The van der Waals surface area contributed by atoms with Gasteiger partial charge in [-0.2, -0.15) is 5.26 Å². The molecule has 14 heavy (non-hydrogen) atoms. The van der Waals surface area contributed by atoms with Crippen LogP contribution in [0, 0.1) is 11.5 Å². The fourth-order valence-corrected chi connectivity index (χ4v) is 1.06. The Kier molecular flexibility index (Phi) is 6.50. The first kappa shape index (κ1) is 13.4. The van der Waals surface area contributed by atoms with Gasteiger partial charge in [-0.1, -0.05) is 18.2 Å². The zero-order chi connectivity index (χ0) is 9.68. The van der Waals surface area contributed by atoms with Gasteiger partial charge in [0.25, 0.3) is 0 Å². The summed E-state index contributed by atoms with van der Waals surface area (Å²) in [5, 5.41) is 12.0.